The molecule has 1 saturated carbocycles. The Balaban J connectivity index is 1.20. The summed E-state index contributed by atoms with van der Waals surface area (Å²) in [6.45, 7) is 2.81. The van der Waals surface area contributed by atoms with Crippen LogP contribution in [0.4, 0.5) is 4.39 Å². The van der Waals surface area contributed by atoms with Crippen molar-refractivity contribution >= 4 is 17.9 Å². The number of amides is 2. The molecule has 1 N–H and O–H groups in total. The van der Waals surface area contributed by atoms with E-state index in [2.05, 4.69) is 16.4 Å². The first-order valence-electron chi connectivity index (χ1n) is 9.98. The molecule has 0 bridgehead atoms. The lowest BCUT2D eigenvalue weighted by atomic mass is 9.88. The van der Waals surface area contributed by atoms with Gasteiger partial charge in [-0.2, -0.15) is 4.39 Å². The number of fused-ring (bicyclic) bond motifs is 1. The van der Waals surface area contributed by atoms with Gasteiger partial charge in [0.1, 0.15) is 0 Å². The lowest BCUT2D eigenvalue weighted by Crippen LogP contribution is -2.59. The number of nitrogens with one attached hydrogen (secondary N) is 1. The Morgan fingerprint density at radius 3 is 2.69 bits per heavy atom. The molecule has 0 atom stereocenters. The molecule has 1 aliphatic heterocycles. The van der Waals surface area contributed by atoms with Crippen LogP contribution in [0.3, 0.4) is 0 Å². The number of aromatic nitrogens is 1. The molecule has 2 heterocycles. The number of halogens is 1. The van der Waals surface area contributed by atoms with Gasteiger partial charge in [0, 0.05) is 48.3 Å². The normalized spacial score (nSPS) is 19.2. The predicted molar refractivity (Wildman–Crippen MR) is 107 cm³/mol. The van der Waals surface area contributed by atoms with Crippen molar-refractivity contribution in [3.8, 4) is 0 Å². The van der Waals surface area contributed by atoms with Gasteiger partial charge in [-0.15, -0.1) is 0 Å². The van der Waals surface area contributed by atoms with Crippen LogP contribution in [0.1, 0.15) is 39.9 Å². The maximum absolute atomic E-state index is 13.3. The van der Waals surface area contributed by atoms with E-state index in [1.165, 1.54) is 17.8 Å². The van der Waals surface area contributed by atoms with Gasteiger partial charge in [-0.1, -0.05) is 24.3 Å². The van der Waals surface area contributed by atoms with Crippen molar-refractivity contribution in [1.82, 2.24) is 15.2 Å². The number of pyridine rings is 1. The molecule has 2 aliphatic carbocycles. The summed E-state index contributed by atoms with van der Waals surface area (Å²) in [5.74, 6) is -0.421. The van der Waals surface area contributed by atoms with E-state index in [-0.39, 0.29) is 23.3 Å². The summed E-state index contributed by atoms with van der Waals surface area (Å²) in [5, 5.41) is 3.25. The van der Waals surface area contributed by atoms with E-state index in [0.717, 1.165) is 24.0 Å². The number of hydrogen-bond donors (Lipinski definition) is 1. The summed E-state index contributed by atoms with van der Waals surface area (Å²) in [4.78, 5) is 30.8. The number of aryl methyl sites for hydroxylation is 1. The molecule has 0 spiro atoms. The summed E-state index contributed by atoms with van der Waals surface area (Å²) in [7, 11) is 0. The lowest BCUT2D eigenvalue weighted by Gasteiger charge is -2.44. The van der Waals surface area contributed by atoms with Gasteiger partial charge in [0.05, 0.1) is 5.56 Å². The molecule has 1 aromatic carbocycles. The largest absolute Gasteiger partial charge is 0.346 e. The van der Waals surface area contributed by atoms with E-state index in [4.69, 9.17) is 0 Å². The first kappa shape index (κ1) is 18.0. The van der Waals surface area contributed by atoms with E-state index < -0.39 is 5.95 Å². The zero-order chi connectivity index (χ0) is 20.2. The quantitative estimate of drug-likeness (QED) is 0.816. The van der Waals surface area contributed by atoms with Gasteiger partial charge in [0.25, 0.3) is 5.91 Å². The van der Waals surface area contributed by atoms with Crippen LogP contribution in [-0.2, 0) is 11.2 Å². The van der Waals surface area contributed by atoms with E-state index in [0.29, 0.717) is 30.6 Å². The summed E-state index contributed by atoms with van der Waals surface area (Å²) >= 11 is 0. The Kier molecular flexibility index (Phi) is 4.05. The van der Waals surface area contributed by atoms with Crippen molar-refractivity contribution in [1.29, 1.82) is 0 Å². The van der Waals surface area contributed by atoms with Gasteiger partial charge < -0.3 is 10.2 Å². The zero-order valence-corrected chi connectivity index (χ0v) is 16.2. The van der Waals surface area contributed by atoms with Gasteiger partial charge in [-0.05, 0) is 43.0 Å². The first-order valence-corrected chi connectivity index (χ1v) is 9.98. The predicted octanol–water partition coefficient (Wildman–Crippen LogP) is 2.89. The molecule has 0 radical (unpaired) electrons. The molecule has 148 valence electrons. The standard InChI is InChI=1S/C23H22FN3O2/c1-14-8-18(11-25-20(14)24)22(29)27-12-19(13-27)23(6-7-23)26-21(28)17-9-15-4-2-3-5-16(15)10-17/h2-5,8-9,11,19H,6-7,10,12-13H2,1H3,(H,26,28). The fraction of sp³-hybridized carbons (Fsp3) is 0.348. The van der Waals surface area contributed by atoms with Gasteiger partial charge >= 0.3 is 0 Å². The Morgan fingerprint density at radius 2 is 2.00 bits per heavy atom. The fourth-order valence-electron chi connectivity index (χ4n) is 4.35. The molecular weight excluding hydrogens is 369 g/mol. The molecule has 0 unspecified atom stereocenters. The molecule has 2 aromatic rings. The van der Waals surface area contributed by atoms with Crippen molar-refractivity contribution in [2.24, 2.45) is 5.92 Å². The van der Waals surface area contributed by atoms with Crippen LogP contribution in [0.5, 0.6) is 0 Å². The van der Waals surface area contributed by atoms with Crippen LogP contribution in [0.15, 0.2) is 42.1 Å². The summed E-state index contributed by atoms with van der Waals surface area (Å²) in [5.41, 5.74) is 3.69. The summed E-state index contributed by atoms with van der Waals surface area (Å²) in [6, 6.07) is 9.60. The van der Waals surface area contributed by atoms with Crippen LogP contribution in [0.2, 0.25) is 0 Å². The van der Waals surface area contributed by atoms with Crippen molar-refractivity contribution < 1.29 is 14.0 Å². The van der Waals surface area contributed by atoms with Crippen LogP contribution in [-0.4, -0.2) is 40.3 Å². The highest BCUT2D eigenvalue weighted by molar-refractivity contribution is 6.01. The molecule has 3 aliphatic rings. The molecule has 5 nitrogen and oxygen atoms in total. The third kappa shape index (κ3) is 3.12. The monoisotopic (exact) mass is 391 g/mol. The van der Waals surface area contributed by atoms with Crippen molar-refractivity contribution in [2.75, 3.05) is 13.1 Å². The number of carbonyl (C=O) groups excluding carboxylic acids is 2. The molecule has 5 rings (SSSR count). The minimum Gasteiger partial charge on any atom is -0.346 e. The highest BCUT2D eigenvalue weighted by Gasteiger charge is 2.55. The average molecular weight is 391 g/mol. The van der Waals surface area contributed by atoms with E-state index >= 15 is 0 Å². The Labute approximate surface area is 168 Å². The van der Waals surface area contributed by atoms with E-state index in [1.54, 1.807) is 11.8 Å². The Hall–Kier alpha value is -3.02. The summed E-state index contributed by atoms with van der Waals surface area (Å²) in [6.07, 6.45) is 5.83. The number of carbonyl (C=O) groups is 2. The van der Waals surface area contributed by atoms with Crippen molar-refractivity contribution in [3.63, 3.8) is 0 Å². The third-order valence-corrected chi connectivity index (χ3v) is 6.42. The second kappa shape index (κ2) is 6.51. The smallest absolute Gasteiger partial charge is 0.255 e. The zero-order valence-electron chi connectivity index (χ0n) is 16.2. The van der Waals surface area contributed by atoms with Gasteiger partial charge in [-0.3, -0.25) is 9.59 Å². The lowest BCUT2D eigenvalue weighted by molar-refractivity contribution is -0.119. The van der Waals surface area contributed by atoms with Gasteiger partial charge in [0.2, 0.25) is 11.9 Å². The highest BCUT2D eigenvalue weighted by Crippen LogP contribution is 2.46. The second-order valence-corrected chi connectivity index (χ2v) is 8.39. The number of benzene rings is 1. The van der Waals surface area contributed by atoms with E-state index in [9.17, 15) is 14.0 Å². The van der Waals surface area contributed by atoms with Gasteiger partial charge in [0.15, 0.2) is 0 Å². The molecule has 1 saturated heterocycles. The number of nitrogens with zero attached hydrogens (tertiary/aromatic N) is 2. The number of hydrogen-bond acceptors (Lipinski definition) is 3. The maximum Gasteiger partial charge on any atom is 0.255 e. The Bertz CT molecular complexity index is 1050. The molecule has 2 amide bonds. The van der Waals surface area contributed by atoms with Gasteiger partial charge in [-0.25, -0.2) is 4.98 Å². The molecule has 29 heavy (non-hydrogen) atoms. The first-order chi connectivity index (χ1) is 13.9. The third-order valence-electron chi connectivity index (χ3n) is 6.42. The molecule has 6 heteroatoms. The summed E-state index contributed by atoms with van der Waals surface area (Å²) < 4.78 is 13.3. The SMILES string of the molecule is Cc1cc(C(=O)N2CC(C3(NC(=O)C4=Cc5ccccc5C4)CC3)C2)cnc1F. The van der Waals surface area contributed by atoms with Crippen LogP contribution >= 0.6 is 0 Å². The van der Waals surface area contributed by atoms with Crippen LogP contribution in [0.25, 0.3) is 6.08 Å². The van der Waals surface area contributed by atoms with E-state index in [1.807, 2.05) is 24.3 Å². The molecular formula is C23H22FN3O2. The molecule has 2 fully saturated rings. The second-order valence-electron chi connectivity index (χ2n) is 8.39. The van der Waals surface area contributed by atoms with Crippen LogP contribution < -0.4 is 5.32 Å². The number of rotatable bonds is 4. The fourth-order valence-corrected chi connectivity index (χ4v) is 4.35. The topological polar surface area (TPSA) is 62.3 Å². The minimum atomic E-state index is -0.550. The van der Waals surface area contributed by atoms with Crippen molar-refractivity contribution in [3.05, 3.63) is 70.3 Å². The van der Waals surface area contributed by atoms with Crippen molar-refractivity contribution in [2.45, 2.75) is 31.7 Å². The van der Waals surface area contributed by atoms with Crippen LogP contribution in [0, 0.1) is 18.8 Å². The highest BCUT2D eigenvalue weighted by atomic mass is 19.1. The minimum absolute atomic E-state index is 0.00170. The Morgan fingerprint density at radius 1 is 1.24 bits per heavy atom. The molecule has 1 aromatic heterocycles. The number of likely N-dealkylation sites (tertiary alicyclic amines) is 1. The maximum atomic E-state index is 13.3. The average Bonchev–Trinajstić information content (AvgIpc) is 3.29.